The lowest BCUT2D eigenvalue weighted by atomic mass is 9.70. The molecule has 2 bridgehead atoms. The first-order valence-corrected chi connectivity index (χ1v) is 18.3. The Morgan fingerprint density at radius 3 is 2.14 bits per heavy atom. The number of carbonyl (C=O) groups excluding carboxylic acids is 1. The second-order valence-corrected chi connectivity index (χ2v) is 18.1. The Morgan fingerprint density at radius 2 is 1.55 bits per heavy atom. The van der Waals surface area contributed by atoms with Crippen LogP contribution in [0.2, 0.25) is 5.04 Å². The van der Waals surface area contributed by atoms with Gasteiger partial charge in [-0.2, -0.15) is 0 Å². The molecule has 5 heteroatoms. The second-order valence-electron chi connectivity index (χ2n) is 13.8. The first kappa shape index (κ1) is 32.4. The smallest absolute Gasteiger partial charge is 0.305 e. The Balaban J connectivity index is 1.41. The van der Waals surface area contributed by atoms with Crippen LogP contribution >= 0.6 is 0 Å². The Morgan fingerprint density at radius 1 is 0.932 bits per heavy atom. The van der Waals surface area contributed by atoms with E-state index in [1.54, 1.807) is 0 Å². The third-order valence-electron chi connectivity index (χ3n) is 10.2. The first-order chi connectivity index (χ1) is 21.3. The van der Waals surface area contributed by atoms with Gasteiger partial charge in [-0.05, 0) is 65.4 Å². The van der Waals surface area contributed by atoms with Crippen molar-refractivity contribution in [2.45, 2.75) is 76.9 Å². The van der Waals surface area contributed by atoms with Gasteiger partial charge in [-0.3, -0.25) is 4.79 Å². The van der Waals surface area contributed by atoms with Gasteiger partial charge in [0, 0.05) is 24.4 Å². The largest absolute Gasteiger partial charge is 0.469 e. The van der Waals surface area contributed by atoms with Crippen LogP contribution in [0.1, 0.15) is 64.9 Å². The molecule has 44 heavy (non-hydrogen) atoms. The summed E-state index contributed by atoms with van der Waals surface area (Å²) in [7, 11) is -1.19. The van der Waals surface area contributed by atoms with Crippen LogP contribution in [0.5, 0.6) is 0 Å². The second kappa shape index (κ2) is 14.4. The standard InChI is InChI=1S/C39H50O4Si/c1-38(2,3)44(32-20-12-8-13-21-32,33-22-14-9-15-23-33)43-29-34-35(24-16-5-6-17-25-37(40)41-4)39(28-36(34)42-30-39)27-26-31-18-10-7-11-19-31/h5,7-16,18-23,34-36H,6,17,24-30H2,1-4H3/b16-5-/t34-,35-,36-,39-/m1/s1. The monoisotopic (exact) mass is 610 g/mol. The van der Waals surface area contributed by atoms with Crippen LogP contribution in [0.3, 0.4) is 0 Å². The van der Waals surface area contributed by atoms with Crippen LogP contribution in [0, 0.1) is 17.3 Å². The molecule has 3 aromatic carbocycles. The van der Waals surface area contributed by atoms with Crippen molar-refractivity contribution in [3.8, 4) is 0 Å². The van der Waals surface area contributed by atoms with Crippen molar-refractivity contribution in [1.29, 1.82) is 0 Å². The van der Waals surface area contributed by atoms with E-state index >= 15 is 0 Å². The number of rotatable bonds is 14. The van der Waals surface area contributed by atoms with Crippen molar-refractivity contribution < 1.29 is 18.7 Å². The maximum atomic E-state index is 11.6. The zero-order valence-corrected chi connectivity index (χ0v) is 28.0. The van der Waals surface area contributed by atoms with E-state index < -0.39 is 8.32 Å². The summed E-state index contributed by atoms with van der Waals surface area (Å²) in [4.78, 5) is 11.6. The summed E-state index contributed by atoms with van der Waals surface area (Å²) in [6.45, 7) is 8.60. The van der Waals surface area contributed by atoms with Crippen molar-refractivity contribution in [1.82, 2.24) is 0 Å². The van der Waals surface area contributed by atoms with Gasteiger partial charge in [0.2, 0.25) is 0 Å². The molecule has 0 N–H and O–H groups in total. The van der Waals surface area contributed by atoms with E-state index in [0.29, 0.717) is 24.9 Å². The number of esters is 1. The molecule has 2 fully saturated rings. The quantitative estimate of drug-likeness (QED) is 0.0821. The molecule has 1 aliphatic heterocycles. The van der Waals surface area contributed by atoms with Crippen LogP contribution in [-0.2, 0) is 25.1 Å². The Kier molecular flexibility index (Phi) is 10.6. The third-order valence-corrected chi connectivity index (χ3v) is 15.2. The molecule has 0 unspecified atom stereocenters. The van der Waals surface area contributed by atoms with Gasteiger partial charge in [-0.15, -0.1) is 0 Å². The van der Waals surface area contributed by atoms with E-state index in [1.165, 1.54) is 23.0 Å². The Bertz CT molecular complexity index is 1310. The minimum Gasteiger partial charge on any atom is -0.469 e. The van der Waals surface area contributed by atoms with Crippen LogP contribution in [0.25, 0.3) is 0 Å². The third kappa shape index (κ3) is 6.96. The van der Waals surface area contributed by atoms with Gasteiger partial charge in [0.15, 0.2) is 0 Å². The van der Waals surface area contributed by atoms with Gasteiger partial charge in [0.25, 0.3) is 8.32 Å². The summed E-state index contributed by atoms with van der Waals surface area (Å²) in [5.41, 5.74) is 1.55. The van der Waals surface area contributed by atoms with E-state index in [9.17, 15) is 4.79 Å². The molecule has 1 saturated carbocycles. The fourth-order valence-corrected chi connectivity index (χ4v) is 12.5. The van der Waals surface area contributed by atoms with Gasteiger partial charge in [-0.25, -0.2) is 0 Å². The summed E-state index contributed by atoms with van der Waals surface area (Å²) < 4.78 is 18.9. The summed E-state index contributed by atoms with van der Waals surface area (Å²) in [6.07, 6.45) is 11.3. The number of aryl methyl sites for hydroxylation is 1. The molecular formula is C39H50O4Si. The highest BCUT2D eigenvalue weighted by atomic mass is 28.4. The average molecular weight is 611 g/mol. The predicted molar refractivity (Wildman–Crippen MR) is 182 cm³/mol. The highest BCUT2D eigenvalue weighted by molar-refractivity contribution is 6.99. The number of hydrogen-bond donors (Lipinski definition) is 0. The van der Waals surface area contributed by atoms with Crippen molar-refractivity contribution in [2.75, 3.05) is 20.3 Å². The lowest BCUT2D eigenvalue weighted by Gasteiger charge is -2.45. The Labute approximate surface area is 266 Å². The van der Waals surface area contributed by atoms with E-state index in [1.807, 2.05) is 0 Å². The van der Waals surface area contributed by atoms with E-state index in [0.717, 1.165) is 45.1 Å². The molecule has 4 atom stereocenters. The number of ether oxygens (including phenoxy) is 2. The summed E-state index contributed by atoms with van der Waals surface area (Å²) in [6, 6.07) is 32.8. The van der Waals surface area contributed by atoms with Crippen molar-refractivity contribution in [3.05, 3.63) is 109 Å². The number of unbranched alkanes of at least 4 members (excludes halogenated alkanes) is 1. The fraction of sp³-hybridized carbons (Fsp3) is 0.462. The number of allylic oxidation sites excluding steroid dienone is 2. The molecule has 3 aromatic rings. The molecule has 234 valence electrons. The van der Waals surface area contributed by atoms with Gasteiger partial charge >= 0.3 is 5.97 Å². The molecule has 4 nitrogen and oxygen atoms in total. The molecule has 0 aromatic heterocycles. The predicted octanol–water partition coefficient (Wildman–Crippen LogP) is 7.51. The lowest BCUT2D eigenvalue weighted by molar-refractivity contribution is -0.140. The van der Waals surface area contributed by atoms with Crippen LogP contribution in [0.15, 0.2) is 103 Å². The van der Waals surface area contributed by atoms with Crippen molar-refractivity contribution in [2.24, 2.45) is 17.3 Å². The van der Waals surface area contributed by atoms with Gasteiger partial charge in [0.05, 0.1) is 19.8 Å². The maximum Gasteiger partial charge on any atom is 0.305 e. The molecule has 0 radical (unpaired) electrons. The molecule has 1 aliphatic carbocycles. The first-order valence-electron chi connectivity index (χ1n) is 16.4. The maximum absolute atomic E-state index is 11.6. The number of benzene rings is 3. The molecular weight excluding hydrogens is 561 g/mol. The fourth-order valence-electron chi connectivity index (χ4n) is 7.89. The zero-order chi connectivity index (χ0) is 31.0. The molecule has 2 aliphatic rings. The van der Waals surface area contributed by atoms with Crippen molar-refractivity contribution in [3.63, 3.8) is 0 Å². The Hall–Kier alpha value is -2.99. The van der Waals surface area contributed by atoms with E-state index in [-0.39, 0.29) is 22.5 Å². The van der Waals surface area contributed by atoms with E-state index in [4.69, 9.17) is 13.9 Å². The topological polar surface area (TPSA) is 44.8 Å². The van der Waals surface area contributed by atoms with Crippen molar-refractivity contribution >= 4 is 24.7 Å². The molecule has 0 spiro atoms. The number of hydrogen-bond acceptors (Lipinski definition) is 4. The van der Waals surface area contributed by atoms with Gasteiger partial charge in [0.1, 0.15) is 0 Å². The lowest BCUT2D eigenvalue weighted by Crippen LogP contribution is -2.67. The van der Waals surface area contributed by atoms with Gasteiger partial charge < -0.3 is 13.9 Å². The van der Waals surface area contributed by atoms with Gasteiger partial charge in [-0.1, -0.05) is 124 Å². The summed E-state index contributed by atoms with van der Waals surface area (Å²) in [5.74, 6) is 0.685. The zero-order valence-electron chi connectivity index (χ0n) is 27.0. The summed E-state index contributed by atoms with van der Waals surface area (Å²) >= 11 is 0. The highest BCUT2D eigenvalue weighted by Gasteiger charge is 2.59. The summed E-state index contributed by atoms with van der Waals surface area (Å²) in [5, 5.41) is 2.58. The van der Waals surface area contributed by atoms with Crippen LogP contribution in [-0.4, -0.2) is 40.7 Å². The normalized spacial score (nSPS) is 23.3. The number of carbonyl (C=O) groups is 1. The molecule has 5 rings (SSSR count). The molecule has 1 heterocycles. The SMILES string of the molecule is COC(=O)CCC/C=C\C[C@@H]1[C@@H](CO[Si](c2ccccc2)(c2ccccc2)C(C)(C)C)[C@H]2C[C@]1(CCc1ccccc1)CO2. The minimum atomic E-state index is -2.65. The highest BCUT2D eigenvalue weighted by Crippen LogP contribution is 2.58. The molecule has 1 saturated heterocycles. The minimum absolute atomic E-state index is 0.0613. The average Bonchev–Trinajstić information content (AvgIpc) is 3.60. The molecule has 0 amide bonds. The van der Waals surface area contributed by atoms with Crippen LogP contribution < -0.4 is 10.4 Å². The number of fused-ring (bicyclic) bond motifs is 2. The van der Waals surface area contributed by atoms with E-state index in [2.05, 4.69) is 124 Å². The number of methoxy groups -OCH3 is 1. The van der Waals surface area contributed by atoms with Crippen LogP contribution in [0.4, 0.5) is 0 Å².